The van der Waals surface area contributed by atoms with Crippen molar-refractivity contribution in [3.05, 3.63) is 54.9 Å². The van der Waals surface area contributed by atoms with Gasteiger partial charge in [0.2, 0.25) is 0 Å². The lowest BCUT2D eigenvalue weighted by Crippen LogP contribution is -2.43. The van der Waals surface area contributed by atoms with Crippen LogP contribution in [0.1, 0.15) is 5.56 Å². The highest BCUT2D eigenvalue weighted by molar-refractivity contribution is 5.50. The molecule has 1 aliphatic heterocycles. The highest BCUT2D eigenvalue weighted by Crippen LogP contribution is 2.22. The molecule has 0 aromatic heterocycles. The number of nitrogens with zero attached hydrogens (tertiary/aromatic N) is 2. The normalized spacial score (nSPS) is 15.2. The molecular formula is C17H24FN3. The Bertz CT molecular complexity index is 471. The molecule has 1 fully saturated rings. The maximum absolute atomic E-state index is 14.1. The van der Waals surface area contributed by atoms with E-state index in [1.807, 2.05) is 24.3 Å². The molecular weight excluding hydrogens is 265 g/mol. The molecule has 1 aromatic rings. The molecule has 1 aliphatic rings. The van der Waals surface area contributed by atoms with Crippen molar-refractivity contribution >= 4 is 5.69 Å². The van der Waals surface area contributed by atoms with Crippen molar-refractivity contribution in [2.45, 2.75) is 6.54 Å². The monoisotopic (exact) mass is 289 g/mol. The van der Waals surface area contributed by atoms with E-state index < -0.39 is 0 Å². The quantitative estimate of drug-likeness (QED) is 0.778. The van der Waals surface area contributed by atoms with E-state index in [2.05, 4.69) is 28.3 Å². The van der Waals surface area contributed by atoms with Gasteiger partial charge in [-0.2, -0.15) is 0 Å². The summed E-state index contributed by atoms with van der Waals surface area (Å²) in [5.41, 5.74) is 1.83. The van der Waals surface area contributed by atoms with E-state index in [9.17, 15) is 4.39 Å². The number of piperazine rings is 1. The number of hydrogen-bond donors (Lipinski definition) is 1. The van der Waals surface area contributed by atoms with Gasteiger partial charge in [-0.25, -0.2) is 4.39 Å². The van der Waals surface area contributed by atoms with Crippen molar-refractivity contribution in [2.24, 2.45) is 0 Å². The molecule has 1 aromatic carbocycles. The maximum atomic E-state index is 14.1. The van der Waals surface area contributed by atoms with Crippen molar-refractivity contribution in [1.29, 1.82) is 0 Å². The first kappa shape index (κ1) is 15.7. The Morgan fingerprint density at radius 2 is 1.86 bits per heavy atom. The fourth-order valence-corrected chi connectivity index (χ4v) is 2.63. The van der Waals surface area contributed by atoms with Gasteiger partial charge < -0.3 is 10.2 Å². The Hall–Kier alpha value is -1.65. The lowest BCUT2D eigenvalue weighted by molar-refractivity contribution is 0.327. The topological polar surface area (TPSA) is 18.5 Å². The Balaban J connectivity index is 2.12. The van der Waals surface area contributed by atoms with Gasteiger partial charge >= 0.3 is 0 Å². The van der Waals surface area contributed by atoms with Gasteiger partial charge in [0.05, 0.1) is 5.69 Å². The molecule has 0 aliphatic carbocycles. The van der Waals surface area contributed by atoms with Crippen LogP contribution < -0.4 is 10.2 Å². The molecule has 0 radical (unpaired) electrons. The molecule has 0 saturated carbocycles. The van der Waals surface area contributed by atoms with Gasteiger partial charge in [0.1, 0.15) is 5.82 Å². The zero-order valence-electron chi connectivity index (χ0n) is 12.5. The minimum Gasteiger partial charge on any atom is -0.367 e. The minimum atomic E-state index is -0.139. The number of benzene rings is 1. The van der Waals surface area contributed by atoms with Gasteiger partial charge in [-0.15, -0.1) is 13.2 Å². The van der Waals surface area contributed by atoms with Crippen LogP contribution in [-0.2, 0) is 6.54 Å². The minimum absolute atomic E-state index is 0.139. The van der Waals surface area contributed by atoms with Gasteiger partial charge in [-0.1, -0.05) is 18.2 Å². The van der Waals surface area contributed by atoms with Crippen molar-refractivity contribution in [3.8, 4) is 0 Å². The standard InChI is InChI=1S/C17H24FN3/c1-3-9-20(10-4-2)14-15-5-6-16(18)17(13-15)21-11-7-19-8-12-21/h3-6,13,19H,1-2,7-12,14H2. The lowest BCUT2D eigenvalue weighted by atomic mass is 10.1. The fraction of sp³-hybridized carbons (Fsp3) is 0.412. The summed E-state index contributed by atoms with van der Waals surface area (Å²) in [6.07, 6.45) is 3.76. The summed E-state index contributed by atoms with van der Waals surface area (Å²) in [7, 11) is 0. The smallest absolute Gasteiger partial charge is 0.146 e. The van der Waals surface area contributed by atoms with Crippen LogP contribution in [0, 0.1) is 5.82 Å². The van der Waals surface area contributed by atoms with Crippen LogP contribution >= 0.6 is 0 Å². The first-order valence-electron chi connectivity index (χ1n) is 7.43. The van der Waals surface area contributed by atoms with Gasteiger partial charge in [0, 0.05) is 45.8 Å². The number of nitrogens with one attached hydrogen (secondary N) is 1. The average molecular weight is 289 g/mol. The summed E-state index contributed by atoms with van der Waals surface area (Å²) >= 11 is 0. The van der Waals surface area contributed by atoms with Crippen LogP contribution in [-0.4, -0.2) is 44.2 Å². The second-order valence-corrected chi connectivity index (χ2v) is 5.29. The van der Waals surface area contributed by atoms with Gasteiger partial charge in [-0.3, -0.25) is 4.90 Å². The van der Waals surface area contributed by atoms with Crippen molar-refractivity contribution < 1.29 is 4.39 Å². The fourth-order valence-electron chi connectivity index (χ4n) is 2.63. The molecule has 1 N–H and O–H groups in total. The van der Waals surface area contributed by atoms with Crippen molar-refractivity contribution in [2.75, 3.05) is 44.2 Å². The Kier molecular flexibility index (Phi) is 5.96. The van der Waals surface area contributed by atoms with E-state index in [0.717, 1.165) is 51.4 Å². The van der Waals surface area contributed by atoms with Crippen LogP contribution in [0.5, 0.6) is 0 Å². The van der Waals surface area contributed by atoms with E-state index >= 15 is 0 Å². The van der Waals surface area contributed by atoms with Crippen LogP contribution in [0.15, 0.2) is 43.5 Å². The highest BCUT2D eigenvalue weighted by atomic mass is 19.1. The first-order valence-corrected chi connectivity index (χ1v) is 7.43. The highest BCUT2D eigenvalue weighted by Gasteiger charge is 2.15. The molecule has 3 nitrogen and oxygen atoms in total. The zero-order chi connectivity index (χ0) is 15.1. The third-order valence-electron chi connectivity index (χ3n) is 3.65. The average Bonchev–Trinajstić information content (AvgIpc) is 2.50. The molecule has 21 heavy (non-hydrogen) atoms. The number of hydrogen-bond acceptors (Lipinski definition) is 3. The Morgan fingerprint density at radius 3 is 2.48 bits per heavy atom. The van der Waals surface area contributed by atoms with Crippen LogP contribution in [0.3, 0.4) is 0 Å². The van der Waals surface area contributed by atoms with Crippen LogP contribution in [0.2, 0.25) is 0 Å². The van der Waals surface area contributed by atoms with Crippen molar-refractivity contribution in [1.82, 2.24) is 10.2 Å². The molecule has 1 saturated heterocycles. The van der Waals surface area contributed by atoms with Gasteiger partial charge in [-0.05, 0) is 17.7 Å². The predicted octanol–water partition coefficient (Wildman–Crippen LogP) is 2.41. The van der Waals surface area contributed by atoms with E-state index in [-0.39, 0.29) is 5.82 Å². The second kappa shape index (κ2) is 7.96. The lowest BCUT2D eigenvalue weighted by Gasteiger charge is -2.30. The molecule has 0 unspecified atom stereocenters. The maximum Gasteiger partial charge on any atom is 0.146 e. The molecule has 2 rings (SSSR count). The van der Waals surface area contributed by atoms with E-state index in [4.69, 9.17) is 0 Å². The number of anilines is 1. The van der Waals surface area contributed by atoms with E-state index in [1.165, 1.54) is 0 Å². The summed E-state index contributed by atoms with van der Waals surface area (Å²) in [4.78, 5) is 4.33. The molecule has 0 bridgehead atoms. The Morgan fingerprint density at radius 1 is 1.19 bits per heavy atom. The molecule has 0 atom stereocenters. The first-order chi connectivity index (χ1) is 10.2. The molecule has 0 amide bonds. The number of halogens is 1. The predicted molar refractivity (Wildman–Crippen MR) is 87.2 cm³/mol. The van der Waals surface area contributed by atoms with Gasteiger partial charge in [0.25, 0.3) is 0 Å². The summed E-state index contributed by atoms with van der Waals surface area (Å²) in [6.45, 7) is 13.4. The molecule has 114 valence electrons. The second-order valence-electron chi connectivity index (χ2n) is 5.29. The SMILES string of the molecule is C=CCN(CC=C)Cc1ccc(F)c(N2CCNCC2)c1. The van der Waals surface area contributed by atoms with E-state index in [1.54, 1.807) is 6.07 Å². The summed E-state index contributed by atoms with van der Waals surface area (Å²) < 4.78 is 14.1. The molecule has 0 spiro atoms. The van der Waals surface area contributed by atoms with E-state index in [0.29, 0.717) is 5.69 Å². The van der Waals surface area contributed by atoms with Crippen LogP contribution in [0.25, 0.3) is 0 Å². The molecule has 4 heteroatoms. The number of rotatable bonds is 7. The Labute approximate surface area is 126 Å². The van der Waals surface area contributed by atoms with Crippen LogP contribution in [0.4, 0.5) is 10.1 Å². The summed E-state index contributed by atoms with van der Waals surface area (Å²) in [5.74, 6) is -0.139. The van der Waals surface area contributed by atoms with Crippen molar-refractivity contribution in [3.63, 3.8) is 0 Å². The zero-order valence-corrected chi connectivity index (χ0v) is 12.5. The van der Waals surface area contributed by atoms with Gasteiger partial charge in [0.15, 0.2) is 0 Å². The summed E-state index contributed by atoms with van der Waals surface area (Å²) in [6, 6.07) is 5.41. The summed E-state index contributed by atoms with van der Waals surface area (Å²) in [5, 5.41) is 3.29. The molecule has 1 heterocycles. The largest absolute Gasteiger partial charge is 0.367 e. The third-order valence-corrected chi connectivity index (χ3v) is 3.65. The third kappa shape index (κ3) is 4.41.